The number of non-ortho nitro benzene ring substituents is 1. The van der Waals surface area contributed by atoms with Crippen LogP contribution in [0.2, 0.25) is 0 Å². The number of carboxylic acids is 1. The number of aliphatic carboxylic acids is 1. The van der Waals surface area contributed by atoms with Gasteiger partial charge in [-0.2, -0.15) is 13.2 Å². The molecular formula is C15H9F3N2O4S. The SMILES string of the molecule is O=C(O)/C=C\c1cc([N+](=O)[O-])ccc1Sc1ccc(C(F)(F)F)cn1. The average Bonchev–Trinajstić information content (AvgIpc) is 2.53. The third-order valence-corrected chi connectivity index (χ3v) is 3.93. The zero-order valence-corrected chi connectivity index (χ0v) is 13.0. The number of halogens is 3. The third kappa shape index (κ3) is 5.05. The molecule has 2 aromatic rings. The van der Waals surface area contributed by atoms with Crippen molar-refractivity contribution in [3.8, 4) is 0 Å². The Morgan fingerprint density at radius 2 is 2.00 bits per heavy atom. The normalized spacial score (nSPS) is 11.6. The first kappa shape index (κ1) is 18.5. The number of rotatable bonds is 5. The van der Waals surface area contributed by atoms with Gasteiger partial charge in [0.15, 0.2) is 0 Å². The average molecular weight is 370 g/mol. The summed E-state index contributed by atoms with van der Waals surface area (Å²) in [5.74, 6) is -1.24. The second-order valence-corrected chi connectivity index (χ2v) is 5.70. The molecule has 25 heavy (non-hydrogen) atoms. The van der Waals surface area contributed by atoms with E-state index in [9.17, 15) is 28.1 Å². The fourth-order valence-corrected chi connectivity index (χ4v) is 2.60. The minimum Gasteiger partial charge on any atom is -0.478 e. The Kier molecular flexibility index (Phi) is 5.42. The monoisotopic (exact) mass is 370 g/mol. The van der Waals surface area contributed by atoms with Crippen molar-refractivity contribution in [2.45, 2.75) is 16.1 Å². The fourth-order valence-electron chi connectivity index (χ4n) is 1.75. The molecule has 0 atom stereocenters. The number of benzene rings is 1. The summed E-state index contributed by atoms with van der Waals surface area (Å²) in [7, 11) is 0. The van der Waals surface area contributed by atoms with Crippen molar-refractivity contribution in [3.05, 3.63) is 63.8 Å². The van der Waals surface area contributed by atoms with E-state index in [2.05, 4.69) is 4.98 Å². The first-order valence-electron chi connectivity index (χ1n) is 6.57. The summed E-state index contributed by atoms with van der Waals surface area (Å²) in [5, 5.41) is 19.8. The van der Waals surface area contributed by atoms with Crippen LogP contribution in [0.4, 0.5) is 18.9 Å². The molecule has 0 saturated heterocycles. The van der Waals surface area contributed by atoms with Crippen molar-refractivity contribution in [2.75, 3.05) is 0 Å². The Hall–Kier alpha value is -2.88. The molecule has 1 aromatic carbocycles. The van der Waals surface area contributed by atoms with Crippen LogP contribution in [0.5, 0.6) is 0 Å². The minimum atomic E-state index is -4.50. The van der Waals surface area contributed by atoms with Crippen molar-refractivity contribution < 1.29 is 28.0 Å². The zero-order chi connectivity index (χ0) is 18.6. The summed E-state index contributed by atoms with van der Waals surface area (Å²) in [6.07, 6.45) is -1.84. The van der Waals surface area contributed by atoms with Crippen molar-refractivity contribution >= 4 is 29.5 Å². The van der Waals surface area contributed by atoms with E-state index >= 15 is 0 Å². The number of aromatic nitrogens is 1. The van der Waals surface area contributed by atoms with Crippen molar-refractivity contribution in [1.82, 2.24) is 4.98 Å². The predicted molar refractivity (Wildman–Crippen MR) is 83.1 cm³/mol. The van der Waals surface area contributed by atoms with E-state index in [0.717, 1.165) is 23.9 Å². The molecular weight excluding hydrogens is 361 g/mol. The number of carboxylic acid groups (broad SMARTS) is 1. The highest BCUT2D eigenvalue weighted by molar-refractivity contribution is 7.99. The Morgan fingerprint density at radius 1 is 1.28 bits per heavy atom. The topological polar surface area (TPSA) is 93.3 Å². The molecule has 0 fully saturated rings. The predicted octanol–water partition coefficient (Wildman–Crippen LogP) is 4.26. The van der Waals surface area contributed by atoms with E-state index in [1.807, 2.05) is 0 Å². The highest BCUT2D eigenvalue weighted by atomic mass is 32.2. The molecule has 0 aliphatic heterocycles. The second-order valence-electron chi connectivity index (χ2n) is 4.64. The molecule has 0 unspecified atom stereocenters. The Labute approximate surface area is 143 Å². The van der Waals surface area contributed by atoms with Crippen LogP contribution in [-0.2, 0) is 11.0 Å². The third-order valence-electron chi connectivity index (χ3n) is 2.89. The summed E-state index contributed by atoms with van der Waals surface area (Å²) in [5.41, 5.74) is -0.899. The summed E-state index contributed by atoms with van der Waals surface area (Å²) in [6.45, 7) is 0. The molecule has 130 valence electrons. The largest absolute Gasteiger partial charge is 0.478 e. The summed E-state index contributed by atoms with van der Waals surface area (Å²) >= 11 is 0.960. The molecule has 10 heteroatoms. The van der Waals surface area contributed by atoms with Crippen LogP contribution in [0.3, 0.4) is 0 Å². The van der Waals surface area contributed by atoms with Gasteiger partial charge in [0.1, 0.15) is 5.03 Å². The van der Waals surface area contributed by atoms with Crippen molar-refractivity contribution in [2.24, 2.45) is 0 Å². The number of alkyl halides is 3. The van der Waals surface area contributed by atoms with Crippen molar-refractivity contribution in [1.29, 1.82) is 0 Å². The van der Waals surface area contributed by atoms with Gasteiger partial charge in [0.25, 0.3) is 5.69 Å². The number of nitrogens with zero attached hydrogens (tertiary/aromatic N) is 2. The van der Waals surface area contributed by atoms with Gasteiger partial charge in [-0.05, 0) is 29.8 Å². The van der Waals surface area contributed by atoms with Crippen LogP contribution in [0.25, 0.3) is 6.08 Å². The minimum absolute atomic E-state index is 0.229. The number of hydrogen-bond donors (Lipinski definition) is 1. The van der Waals surface area contributed by atoms with Gasteiger partial charge in [-0.1, -0.05) is 11.8 Å². The van der Waals surface area contributed by atoms with Gasteiger partial charge < -0.3 is 5.11 Å². The van der Waals surface area contributed by atoms with Gasteiger partial charge in [0.05, 0.1) is 10.5 Å². The van der Waals surface area contributed by atoms with E-state index in [1.54, 1.807) is 0 Å². The lowest BCUT2D eigenvalue weighted by molar-refractivity contribution is -0.384. The van der Waals surface area contributed by atoms with Crippen LogP contribution in [0.15, 0.2) is 52.5 Å². The highest BCUT2D eigenvalue weighted by Crippen LogP contribution is 2.34. The molecule has 1 N–H and O–H groups in total. The number of pyridine rings is 1. The maximum absolute atomic E-state index is 12.5. The van der Waals surface area contributed by atoms with E-state index in [4.69, 9.17) is 5.11 Å². The summed E-state index contributed by atoms with van der Waals surface area (Å²) in [4.78, 5) is 25.0. The van der Waals surface area contributed by atoms with Crippen LogP contribution in [0.1, 0.15) is 11.1 Å². The highest BCUT2D eigenvalue weighted by Gasteiger charge is 2.30. The van der Waals surface area contributed by atoms with E-state index in [0.29, 0.717) is 11.1 Å². The number of hydrogen-bond acceptors (Lipinski definition) is 5. The van der Waals surface area contributed by atoms with Crippen LogP contribution in [-0.4, -0.2) is 21.0 Å². The molecule has 1 aromatic heterocycles. The van der Waals surface area contributed by atoms with Gasteiger partial charge in [-0.3, -0.25) is 10.1 Å². The quantitative estimate of drug-likeness (QED) is 0.480. The van der Waals surface area contributed by atoms with E-state index in [1.165, 1.54) is 30.3 Å². The maximum Gasteiger partial charge on any atom is 0.417 e. The lowest BCUT2D eigenvalue weighted by Gasteiger charge is -2.08. The van der Waals surface area contributed by atoms with E-state index in [-0.39, 0.29) is 16.3 Å². The first-order chi connectivity index (χ1) is 11.7. The van der Waals surface area contributed by atoms with Gasteiger partial charge >= 0.3 is 12.1 Å². The Morgan fingerprint density at radius 3 is 2.52 bits per heavy atom. The number of nitro groups is 1. The molecule has 0 amide bonds. The smallest absolute Gasteiger partial charge is 0.417 e. The lowest BCUT2D eigenvalue weighted by atomic mass is 10.2. The van der Waals surface area contributed by atoms with Gasteiger partial charge in [-0.25, -0.2) is 9.78 Å². The zero-order valence-electron chi connectivity index (χ0n) is 12.2. The van der Waals surface area contributed by atoms with Crippen LogP contribution < -0.4 is 0 Å². The fraction of sp³-hybridized carbons (Fsp3) is 0.0667. The molecule has 1 heterocycles. The van der Waals surface area contributed by atoms with Crippen LogP contribution in [0, 0.1) is 10.1 Å². The van der Waals surface area contributed by atoms with Crippen LogP contribution >= 0.6 is 11.8 Å². The summed E-state index contributed by atoms with van der Waals surface area (Å²) < 4.78 is 37.6. The second kappa shape index (κ2) is 7.34. The first-order valence-corrected chi connectivity index (χ1v) is 7.39. The number of nitro benzene ring substituents is 1. The molecule has 6 nitrogen and oxygen atoms in total. The lowest BCUT2D eigenvalue weighted by Crippen LogP contribution is -2.05. The Balaban J connectivity index is 2.34. The molecule has 0 aliphatic rings. The Bertz CT molecular complexity index is 836. The van der Waals surface area contributed by atoms with Gasteiger partial charge in [-0.15, -0.1) is 0 Å². The van der Waals surface area contributed by atoms with Gasteiger partial charge in [0, 0.05) is 29.3 Å². The molecule has 0 saturated carbocycles. The maximum atomic E-state index is 12.5. The van der Waals surface area contributed by atoms with Crippen molar-refractivity contribution in [3.63, 3.8) is 0 Å². The molecule has 0 radical (unpaired) electrons. The van der Waals surface area contributed by atoms with Gasteiger partial charge in [0.2, 0.25) is 0 Å². The standard InChI is InChI=1S/C15H9F3N2O4S/c16-15(17,18)10-2-5-13(19-8-10)25-12-4-3-11(20(23)24)7-9(12)1-6-14(21)22/h1-8H,(H,21,22)/b6-1-. The van der Waals surface area contributed by atoms with E-state index < -0.39 is 22.6 Å². The molecule has 0 spiro atoms. The molecule has 0 bridgehead atoms. The summed E-state index contributed by atoms with van der Waals surface area (Å²) in [6, 6.07) is 5.80. The molecule has 0 aliphatic carbocycles. The number of carbonyl (C=O) groups is 1. The molecule has 2 rings (SSSR count).